The number of hydrogen-bond donors (Lipinski definition) is 2. The van der Waals surface area contributed by atoms with Crippen molar-refractivity contribution in [2.75, 3.05) is 18.4 Å². The lowest BCUT2D eigenvalue weighted by molar-refractivity contribution is -0.121. The quantitative estimate of drug-likeness (QED) is 0.882. The van der Waals surface area contributed by atoms with E-state index in [0.717, 1.165) is 0 Å². The van der Waals surface area contributed by atoms with Crippen LogP contribution in [0.3, 0.4) is 0 Å². The van der Waals surface area contributed by atoms with Crippen LogP contribution in [0.5, 0.6) is 0 Å². The monoisotopic (exact) mass is 307 g/mol. The maximum atomic E-state index is 12.1. The van der Waals surface area contributed by atoms with Gasteiger partial charge in [-0.1, -0.05) is 11.3 Å². The van der Waals surface area contributed by atoms with Crippen LogP contribution in [-0.4, -0.2) is 40.1 Å². The van der Waals surface area contributed by atoms with Crippen LogP contribution >= 0.6 is 11.3 Å². The minimum absolute atomic E-state index is 0.274. The van der Waals surface area contributed by atoms with Gasteiger partial charge in [-0.3, -0.25) is 10.1 Å². The normalized spacial score (nSPS) is 17.9. The zero-order chi connectivity index (χ0) is 14.8. The number of aromatic nitrogens is 2. The lowest BCUT2D eigenvalue weighted by atomic mass is 10.1. The first-order valence-electron chi connectivity index (χ1n) is 6.36. The molecule has 21 heavy (non-hydrogen) atoms. The summed E-state index contributed by atoms with van der Waals surface area (Å²) in [6.07, 6.45) is 2.14. The van der Waals surface area contributed by atoms with Crippen LogP contribution in [0.4, 0.5) is 9.93 Å². The van der Waals surface area contributed by atoms with Gasteiger partial charge in [0.25, 0.3) is 0 Å². The van der Waals surface area contributed by atoms with E-state index in [9.17, 15) is 9.59 Å². The molecule has 0 radical (unpaired) electrons. The number of hydrogen-bond acceptors (Lipinski definition) is 6. The smallest absolute Gasteiger partial charge is 0.323 e. The van der Waals surface area contributed by atoms with Crippen molar-refractivity contribution in [1.29, 1.82) is 0 Å². The Morgan fingerprint density at radius 1 is 1.48 bits per heavy atom. The van der Waals surface area contributed by atoms with Crippen molar-refractivity contribution in [3.8, 4) is 10.8 Å². The Bertz CT molecular complexity index is 654. The highest BCUT2D eigenvalue weighted by atomic mass is 32.1. The molecule has 3 heterocycles. The molecular formula is C12H13N5O3S. The average molecular weight is 307 g/mol. The van der Waals surface area contributed by atoms with Crippen molar-refractivity contribution in [3.05, 3.63) is 18.4 Å². The van der Waals surface area contributed by atoms with Crippen molar-refractivity contribution >= 4 is 28.4 Å². The van der Waals surface area contributed by atoms with Gasteiger partial charge in [0.1, 0.15) is 0 Å². The second-order valence-corrected chi connectivity index (χ2v) is 5.63. The van der Waals surface area contributed by atoms with Crippen LogP contribution in [0, 0.1) is 5.92 Å². The van der Waals surface area contributed by atoms with Gasteiger partial charge >= 0.3 is 6.03 Å². The van der Waals surface area contributed by atoms with E-state index in [2.05, 4.69) is 15.5 Å². The van der Waals surface area contributed by atoms with E-state index < -0.39 is 0 Å². The molecule has 1 unspecified atom stereocenters. The predicted octanol–water partition coefficient (Wildman–Crippen LogP) is 1.14. The second kappa shape index (κ2) is 5.52. The number of carbonyl (C=O) groups excluding carboxylic acids is 2. The van der Waals surface area contributed by atoms with Crippen LogP contribution in [0.2, 0.25) is 0 Å². The van der Waals surface area contributed by atoms with Crippen molar-refractivity contribution in [1.82, 2.24) is 15.1 Å². The Morgan fingerprint density at radius 3 is 3.00 bits per heavy atom. The molecule has 2 aromatic heterocycles. The van der Waals surface area contributed by atoms with Crippen molar-refractivity contribution in [2.45, 2.75) is 6.42 Å². The highest BCUT2D eigenvalue weighted by Crippen LogP contribution is 2.27. The van der Waals surface area contributed by atoms with Gasteiger partial charge in [0.15, 0.2) is 10.8 Å². The van der Waals surface area contributed by atoms with Gasteiger partial charge < -0.3 is 15.1 Å². The predicted molar refractivity (Wildman–Crippen MR) is 75.5 cm³/mol. The number of amides is 3. The van der Waals surface area contributed by atoms with E-state index in [1.54, 1.807) is 23.3 Å². The fraction of sp³-hybridized carbons (Fsp3) is 0.333. The summed E-state index contributed by atoms with van der Waals surface area (Å²) in [5.74, 6) is -0.0480. The Hall–Kier alpha value is -2.42. The fourth-order valence-electron chi connectivity index (χ4n) is 2.12. The summed E-state index contributed by atoms with van der Waals surface area (Å²) in [6, 6.07) is 3.22. The number of urea groups is 1. The summed E-state index contributed by atoms with van der Waals surface area (Å²) < 4.78 is 5.21. The van der Waals surface area contributed by atoms with Crippen molar-refractivity contribution in [2.24, 2.45) is 11.7 Å². The lowest BCUT2D eigenvalue weighted by Crippen LogP contribution is -2.34. The Kier molecular flexibility index (Phi) is 3.57. The topological polar surface area (TPSA) is 114 Å². The minimum atomic E-state index is -0.374. The number of anilines is 1. The second-order valence-electron chi connectivity index (χ2n) is 4.65. The summed E-state index contributed by atoms with van der Waals surface area (Å²) in [6.45, 7) is 0.842. The summed E-state index contributed by atoms with van der Waals surface area (Å²) in [7, 11) is 0. The summed E-state index contributed by atoms with van der Waals surface area (Å²) in [5.41, 5.74) is 5.24. The molecule has 0 saturated carbocycles. The summed E-state index contributed by atoms with van der Waals surface area (Å²) in [4.78, 5) is 24.7. The number of likely N-dealkylation sites (tertiary alicyclic amines) is 1. The number of furan rings is 1. The third kappa shape index (κ3) is 2.87. The first kappa shape index (κ1) is 13.6. The third-order valence-corrected chi connectivity index (χ3v) is 4.10. The molecule has 1 fully saturated rings. The van der Waals surface area contributed by atoms with E-state index in [-0.39, 0.29) is 17.9 Å². The lowest BCUT2D eigenvalue weighted by Gasteiger charge is -2.15. The van der Waals surface area contributed by atoms with Gasteiger partial charge in [0.05, 0.1) is 12.2 Å². The Balaban J connectivity index is 1.62. The molecule has 0 spiro atoms. The van der Waals surface area contributed by atoms with Crippen molar-refractivity contribution < 1.29 is 14.0 Å². The van der Waals surface area contributed by atoms with Crippen molar-refractivity contribution in [3.63, 3.8) is 0 Å². The molecule has 8 nitrogen and oxygen atoms in total. The van der Waals surface area contributed by atoms with Gasteiger partial charge in [0.2, 0.25) is 11.0 Å². The van der Waals surface area contributed by atoms with E-state index >= 15 is 0 Å². The molecule has 2 aromatic rings. The zero-order valence-corrected chi connectivity index (χ0v) is 11.8. The third-order valence-electron chi connectivity index (χ3n) is 3.25. The van der Waals surface area contributed by atoms with Gasteiger partial charge in [-0.05, 0) is 18.6 Å². The molecule has 1 atom stereocenters. The molecule has 1 aliphatic heterocycles. The zero-order valence-electron chi connectivity index (χ0n) is 11.0. The van der Waals surface area contributed by atoms with Crippen LogP contribution in [-0.2, 0) is 4.79 Å². The Labute approximate surface area is 123 Å². The highest BCUT2D eigenvalue weighted by molar-refractivity contribution is 7.18. The SMILES string of the molecule is NC(=O)C1CCN(C(=O)Nc2nnc(-c3ccco3)s2)C1. The first-order valence-corrected chi connectivity index (χ1v) is 7.18. The van der Waals surface area contributed by atoms with Gasteiger partial charge in [-0.25, -0.2) is 4.79 Å². The molecule has 3 amide bonds. The molecule has 0 aliphatic carbocycles. The maximum Gasteiger partial charge on any atom is 0.323 e. The van der Waals surface area contributed by atoms with Crippen LogP contribution in [0.1, 0.15) is 6.42 Å². The molecule has 3 rings (SSSR count). The molecule has 9 heteroatoms. The van der Waals surface area contributed by atoms with Gasteiger partial charge in [-0.2, -0.15) is 0 Å². The number of nitrogens with zero attached hydrogens (tertiary/aromatic N) is 3. The number of carbonyl (C=O) groups is 2. The highest BCUT2D eigenvalue weighted by Gasteiger charge is 2.30. The Morgan fingerprint density at radius 2 is 2.33 bits per heavy atom. The minimum Gasteiger partial charge on any atom is -0.462 e. The van der Waals surface area contributed by atoms with Crippen LogP contribution in [0.15, 0.2) is 22.8 Å². The molecular weight excluding hydrogens is 294 g/mol. The maximum absolute atomic E-state index is 12.1. The number of nitrogens with one attached hydrogen (secondary N) is 1. The van der Waals surface area contributed by atoms with E-state index in [0.29, 0.717) is 35.4 Å². The average Bonchev–Trinajstić information content (AvgIpc) is 3.19. The molecule has 0 aromatic carbocycles. The number of primary amides is 1. The standard InChI is InChI=1S/C12H13N5O3S/c13-9(18)7-3-4-17(6-7)12(19)14-11-16-15-10(21-11)8-2-1-5-20-8/h1-2,5,7H,3-4,6H2,(H2,13,18)(H,14,16,19). The van der Waals surface area contributed by atoms with Gasteiger partial charge in [-0.15, -0.1) is 10.2 Å². The van der Waals surface area contributed by atoms with E-state index in [1.807, 2.05) is 0 Å². The summed E-state index contributed by atoms with van der Waals surface area (Å²) >= 11 is 1.22. The number of rotatable bonds is 3. The molecule has 1 aliphatic rings. The van der Waals surface area contributed by atoms with E-state index in [1.165, 1.54) is 11.3 Å². The number of nitrogens with two attached hydrogens (primary N) is 1. The van der Waals surface area contributed by atoms with Crippen LogP contribution < -0.4 is 11.1 Å². The first-order chi connectivity index (χ1) is 10.1. The van der Waals surface area contributed by atoms with Gasteiger partial charge in [0, 0.05) is 13.1 Å². The molecule has 1 saturated heterocycles. The fourth-order valence-corrected chi connectivity index (χ4v) is 2.82. The largest absolute Gasteiger partial charge is 0.462 e. The molecule has 110 valence electrons. The summed E-state index contributed by atoms with van der Waals surface area (Å²) in [5, 5.41) is 11.5. The molecule has 3 N–H and O–H groups in total. The van der Waals surface area contributed by atoms with E-state index in [4.69, 9.17) is 10.2 Å². The van der Waals surface area contributed by atoms with Crippen LogP contribution in [0.25, 0.3) is 10.8 Å². The molecule has 0 bridgehead atoms.